The Morgan fingerprint density at radius 1 is 0.333 bits per heavy atom. The number of hydrogen-bond donors (Lipinski definition) is 0. The third-order valence-corrected chi connectivity index (χ3v) is 16.1. The average molecular weight is 982 g/mol. The lowest BCUT2D eigenvalue weighted by Gasteiger charge is -2.32. The summed E-state index contributed by atoms with van der Waals surface area (Å²) in [6, 6.07) is 80.5. The van der Waals surface area contributed by atoms with Crippen molar-refractivity contribution in [2.24, 2.45) is 0 Å². The van der Waals surface area contributed by atoms with E-state index in [0.717, 1.165) is 94.8 Å². The van der Waals surface area contributed by atoms with Gasteiger partial charge >= 0.3 is 14.2 Å². The highest BCUT2D eigenvalue weighted by molar-refractivity contribution is 6.62. The van der Waals surface area contributed by atoms with Crippen molar-refractivity contribution in [3.8, 4) is 27.9 Å². The summed E-state index contributed by atoms with van der Waals surface area (Å²) in [7, 11) is -0.952. The summed E-state index contributed by atoms with van der Waals surface area (Å²) in [5, 5.41) is 2.24. The molecular formula is C66H61B2N3O4. The summed E-state index contributed by atoms with van der Waals surface area (Å²) in [5.74, 6) is 0. The van der Waals surface area contributed by atoms with Crippen molar-refractivity contribution in [1.82, 2.24) is 4.57 Å². The molecule has 75 heavy (non-hydrogen) atoms. The Labute approximate surface area is 442 Å². The van der Waals surface area contributed by atoms with Gasteiger partial charge in [-0.2, -0.15) is 0 Å². The maximum absolute atomic E-state index is 6.52. The van der Waals surface area contributed by atoms with Gasteiger partial charge in [0.05, 0.1) is 44.8 Å². The van der Waals surface area contributed by atoms with Crippen LogP contribution in [0.5, 0.6) is 0 Å². The fraction of sp³-hybridized carbons (Fsp3) is 0.182. The van der Waals surface area contributed by atoms with Crippen molar-refractivity contribution in [1.29, 1.82) is 0 Å². The van der Waals surface area contributed by atoms with Gasteiger partial charge in [0.25, 0.3) is 0 Å². The van der Waals surface area contributed by atoms with Crippen LogP contribution in [0.25, 0.3) is 49.7 Å². The molecule has 2 aliphatic rings. The van der Waals surface area contributed by atoms with Gasteiger partial charge < -0.3 is 33.0 Å². The fourth-order valence-corrected chi connectivity index (χ4v) is 10.6. The number of fused-ring (bicyclic) bond motifs is 3. The van der Waals surface area contributed by atoms with Crippen LogP contribution >= 0.6 is 0 Å². The molecule has 0 atom stereocenters. The molecule has 9 heteroatoms. The van der Waals surface area contributed by atoms with Crippen LogP contribution in [0.2, 0.25) is 0 Å². The molecule has 370 valence electrons. The molecule has 1 aromatic heterocycles. The Kier molecular flexibility index (Phi) is 12.0. The Balaban J connectivity index is 1.05. The van der Waals surface area contributed by atoms with Crippen molar-refractivity contribution < 1.29 is 18.6 Å². The van der Waals surface area contributed by atoms with Gasteiger partial charge in [-0.15, -0.1) is 0 Å². The Bertz CT molecular complexity index is 3440. The highest BCUT2D eigenvalue weighted by Crippen LogP contribution is 2.47. The second kappa shape index (κ2) is 18.6. The van der Waals surface area contributed by atoms with Gasteiger partial charge in [-0.05, 0) is 162 Å². The lowest BCUT2D eigenvalue weighted by atomic mass is 9.79. The first kappa shape index (κ1) is 48.3. The molecule has 0 spiro atoms. The van der Waals surface area contributed by atoms with Crippen molar-refractivity contribution in [2.45, 2.75) is 77.8 Å². The fourth-order valence-electron chi connectivity index (χ4n) is 10.6. The first-order chi connectivity index (χ1) is 36.2. The van der Waals surface area contributed by atoms with Crippen LogP contribution in [-0.2, 0) is 18.6 Å². The zero-order chi connectivity index (χ0) is 51.7. The second-order valence-corrected chi connectivity index (χ2v) is 21.9. The van der Waals surface area contributed by atoms with Crippen LogP contribution in [0.1, 0.15) is 55.4 Å². The van der Waals surface area contributed by atoms with Gasteiger partial charge in [0, 0.05) is 50.3 Å². The molecule has 0 unspecified atom stereocenters. The SMILES string of the molecule is CC1(C)OB(c2ccc(N(c3ccc4c(c3)c3cc(N(c5ccc(B6OC(C)(C)C(C)(C)O6)cc5)c5ccccc5-c5ccccc5)ccc3n4-c3ccccc3)c3ccccc3-c3ccccc3)cc2)OC1(C)C. The molecule has 2 fully saturated rings. The lowest BCUT2D eigenvalue weighted by molar-refractivity contribution is 0.00578. The van der Waals surface area contributed by atoms with E-state index in [0.29, 0.717) is 0 Å². The summed E-state index contributed by atoms with van der Waals surface area (Å²) in [5.41, 5.74) is 14.2. The molecule has 3 heterocycles. The zero-order valence-corrected chi connectivity index (χ0v) is 44.0. The maximum atomic E-state index is 6.52. The van der Waals surface area contributed by atoms with E-state index in [1.165, 1.54) is 0 Å². The number of rotatable bonds is 11. The van der Waals surface area contributed by atoms with Crippen LogP contribution in [0, 0.1) is 0 Å². The Hall–Kier alpha value is -7.65. The first-order valence-corrected chi connectivity index (χ1v) is 26.1. The predicted octanol–water partition coefficient (Wildman–Crippen LogP) is 15.7. The molecule has 0 amide bonds. The highest BCUT2D eigenvalue weighted by atomic mass is 16.7. The molecule has 12 rings (SSSR count). The van der Waals surface area contributed by atoms with Gasteiger partial charge in [0.1, 0.15) is 0 Å². The van der Waals surface area contributed by atoms with Gasteiger partial charge in [-0.1, -0.05) is 140 Å². The molecular weight excluding hydrogens is 920 g/mol. The maximum Gasteiger partial charge on any atom is 0.494 e. The molecule has 0 aliphatic carbocycles. The highest BCUT2D eigenvalue weighted by Gasteiger charge is 2.52. The normalized spacial score (nSPS) is 16.4. The number of aromatic nitrogens is 1. The van der Waals surface area contributed by atoms with Crippen LogP contribution in [-0.4, -0.2) is 41.2 Å². The minimum Gasteiger partial charge on any atom is -0.399 e. The third-order valence-electron chi connectivity index (χ3n) is 16.1. The largest absolute Gasteiger partial charge is 0.494 e. The van der Waals surface area contributed by atoms with Gasteiger partial charge in [-0.25, -0.2) is 0 Å². The summed E-state index contributed by atoms with van der Waals surface area (Å²) in [6.45, 7) is 16.8. The Morgan fingerprint density at radius 3 is 1.03 bits per heavy atom. The monoisotopic (exact) mass is 981 g/mol. The summed E-state index contributed by atoms with van der Waals surface area (Å²) < 4.78 is 28.5. The number of benzene rings is 9. The number of nitrogens with zero attached hydrogens (tertiary/aromatic N) is 3. The van der Waals surface area contributed by atoms with E-state index < -0.39 is 36.6 Å². The number of para-hydroxylation sites is 3. The molecule has 10 aromatic rings. The van der Waals surface area contributed by atoms with Crippen molar-refractivity contribution in [2.75, 3.05) is 9.80 Å². The van der Waals surface area contributed by atoms with Gasteiger partial charge in [0.2, 0.25) is 0 Å². The van der Waals surface area contributed by atoms with E-state index in [-0.39, 0.29) is 0 Å². The van der Waals surface area contributed by atoms with Crippen LogP contribution in [0.3, 0.4) is 0 Å². The topological polar surface area (TPSA) is 48.3 Å². The van der Waals surface area contributed by atoms with Crippen molar-refractivity contribution in [3.05, 3.63) is 224 Å². The minimum atomic E-state index is -0.476. The first-order valence-electron chi connectivity index (χ1n) is 26.1. The van der Waals surface area contributed by atoms with E-state index in [4.69, 9.17) is 18.6 Å². The second-order valence-electron chi connectivity index (χ2n) is 21.9. The molecule has 0 radical (unpaired) electrons. The smallest absolute Gasteiger partial charge is 0.399 e. The predicted molar refractivity (Wildman–Crippen MR) is 312 cm³/mol. The number of hydrogen-bond acceptors (Lipinski definition) is 6. The summed E-state index contributed by atoms with van der Waals surface area (Å²) >= 11 is 0. The van der Waals surface area contributed by atoms with E-state index in [1.807, 2.05) is 0 Å². The van der Waals surface area contributed by atoms with Gasteiger partial charge in [-0.3, -0.25) is 0 Å². The Morgan fingerprint density at radius 2 is 0.653 bits per heavy atom. The lowest BCUT2D eigenvalue weighted by Crippen LogP contribution is -2.41. The molecule has 9 aromatic carbocycles. The summed E-state index contributed by atoms with van der Waals surface area (Å²) in [6.07, 6.45) is 0. The minimum absolute atomic E-state index is 0.451. The van der Waals surface area contributed by atoms with Crippen molar-refractivity contribution in [3.63, 3.8) is 0 Å². The van der Waals surface area contributed by atoms with Crippen LogP contribution < -0.4 is 20.7 Å². The van der Waals surface area contributed by atoms with Crippen LogP contribution in [0.15, 0.2) is 224 Å². The van der Waals surface area contributed by atoms with Crippen molar-refractivity contribution >= 4 is 81.1 Å². The molecule has 2 aliphatic heterocycles. The molecule has 2 saturated heterocycles. The average Bonchev–Trinajstić information content (AvgIpc) is 3.96. The quantitative estimate of drug-likeness (QED) is 0.120. The van der Waals surface area contributed by atoms with E-state index in [1.54, 1.807) is 0 Å². The summed E-state index contributed by atoms with van der Waals surface area (Å²) in [4.78, 5) is 4.77. The van der Waals surface area contributed by atoms with Crippen LogP contribution in [0.4, 0.5) is 34.1 Å². The molecule has 0 bridgehead atoms. The van der Waals surface area contributed by atoms with E-state index >= 15 is 0 Å². The zero-order valence-electron chi connectivity index (χ0n) is 44.0. The standard InChI is InChI=1S/C66H61B2N3O4/c1-63(2)64(3,4)73-67(72-63)48-32-36-51(37-33-48)69(59-30-20-18-28-55(59)46-22-12-9-13-23-46)53-40-42-61-57(44-53)58-45-54(41-43-62(58)71(61)50-26-16-11-17-27-50)70(60-31-21-19-29-56(60)47-24-14-10-15-25-47)52-38-34-49(35-39-52)68-74-65(5,6)66(7,8)75-68/h9-45H,1-8H3. The molecule has 7 nitrogen and oxygen atoms in total. The molecule has 0 N–H and O–H groups in total. The van der Waals surface area contributed by atoms with E-state index in [2.05, 4.69) is 294 Å². The third kappa shape index (κ3) is 8.64. The van der Waals surface area contributed by atoms with Gasteiger partial charge in [0.15, 0.2) is 0 Å². The molecule has 0 saturated carbocycles. The van der Waals surface area contributed by atoms with E-state index in [9.17, 15) is 0 Å². The number of anilines is 6.